The highest BCUT2D eigenvalue weighted by Gasteiger charge is 2.64. The molecule has 1 unspecified atom stereocenters. The molecule has 17 heteroatoms. The topological polar surface area (TPSA) is 188 Å². The van der Waals surface area contributed by atoms with Crippen molar-refractivity contribution < 1.29 is 22.7 Å². The zero-order valence-electron chi connectivity index (χ0n) is 39.8. The van der Waals surface area contributed by atoms with E-state index in [1.54, 1.807) is 75.2 Å². The van der Waals surface area contributed by atoms with Crippen molar-refractivity contribution in [3.8, 4) is 34.4 Å². The van der Waals surface area contributed by atoms with Crippen molar-refractivity contribution in [2.24, 2.45) is 29.7 Å². The molecule has 6 aromatic rings. The Morgan fingerprint density at radius 3 is 2.36 bits per heavy atom. The van der Waals surface area contributed by atoms with Crippen molar-refractivity contribution in [3.05, 3.63) is 118 Å². The van der Waals surface area contributed by atoms with E-state index < -0.39 is 20.9 Å². The number of sulfonamides is 1. The first-order valence-corrected chi connectivity index (χ1v) is 25.6. The summed E-state index contributed by atoms with van der Waals surface area (Å²) in [6.07, 6.45) is 10.8. The second kappa shape index (κ2) is 18.7. The molecule has 3 fully saturated rings. The van der Waals surface area contributed by atoms with Crippen molar-refractivity contribution in [2.45, 2.75) is 72.4 Å². The van der Waals surface area contributed by atoms with Crippen LogP contribution in [0, 0.1) is 34.0 Å². The van der Waals surface area contributed by atoms with Crippen LogP contribution in [0.1, 0.15) is 76.2 Å². The summed E-state index contributed by atoms with van der Waals surface area (Å²) in [6, 6.07) is 22.1. The number of nitrogens with zero attached hydrogens (tertiary/aromatic N) is 6. The van der Waals surface area contributed by atoms with E-state index in [-0.39, 0.29) is 29.4 Å². The van der Waals surface area contributed by atoms with Gasteiger partial charge in [0.05, 0.1) is 21.9 Å². The Kier molecular flexibility index (Phi) is 12.9. The van der Waals surface area contributed by atoms with Gasteiger partial charge in [-0.2, -0.15) is 5.26 Å². The molecule has 1 atom stereocenters. The number of nitrogens with one attached hydrogen (secondary N) is 3. The van der Waals surface area contributed by atoms with Crippen LogP contribution in [0.25, 0.3) is 22.0 Å². The summed E-state index contributed by atoms with van der Waals surface area (Å²) in [6.45, 7) is 13.5. The maximum atomic E-state index is 13.5. The summed E-state index contributed by atoms with van der Waals surface area (Å²) in [5.41, 5.74) is 3.14. The smallest absolute Gasteiger partial charge is 0.274 e. The minimum Gasteiger partial charge on any atom is -0.489 e. The summed E-state index contributed by atoms with van der Waals surface area (Å²) in [4.78, 5) is 43.4. The fourth-order valence-corrected chi connectivity index (χ4v) is 11.9. The van der Waals surface area contributed by atoms with E-state index in [4.69, 9.17) is 21.1 Å². The monoisotopic (exact) mass is 971 g/mol. The molecule has 3 aliphatic rings. The summed E-state index contributed by atoms with van der Waals surface area (Å²) in [7, 11) is -1.85. The number of amides is 1. The number of piperidine rings is 1. The molecule has 0 spiro atoms. The summed E-state index contributed by atoms with van der Waals surface area (Å²) in [5.74, 6) is 3.24. The number of fused-ring (bicyclic) bond motifs is 1. The second-order valence-corrected chi connectivity index (χ2v) is 22.3. The van der Waals surface area contributed by atoms with Crippen molar-refractivity contribution in [3.63, 3.8) is 0 Å². The maximum absolute atomic E-state index is 13.5. The third kappa shape index (κ3) is 9.59. The Hall–Kier alpha value is -6.57. The Labute approximate surface area is 407 Å². The van der Waals surface area contributed by atoms with E-state index in [1.807, 2.05) is 18.2 Å². The number of carbonyl (C=O) groups excluding carboxylic acids is 1. The molecule has 1 amide bonds. The lowest BCUT2D eigenvalue weighted by molar-refractivity contribution is -0.164. The number of ether oxygens (including phenoxy) is 2. The molecule has 360 valence electrons. The van der Waals surface area contributed by atoms with Crippen molar-refractivity contribution in [1.29, 1.82) is 5.26 Å². The first-order valence-electron chi connectivity index (χ1n) is 23.5. The predicted molar refractivity (Wildman–Crippen MR) is 270 cm³/mol. The lowest BCUT2D eigenvalue weighted by atomic mass is 9.49. The number of halogens is 1. The third-order valence-electron chi connectivity index (χ3n) is 14.4. The molecule has 1 saturated carbocycles. The van der Waals surface area contributed by atoms with Gasteiger partial charge in [0.2, 0.25) is 16.0 Å². The van der Waals surface area contributed by atoms with Gasteiger partial charge < -0.3 is 34.1 Å². The fraction of sp³-hybridized carbons (Fsp3) is 0.404. The number of anilines is 3. The Bertz CT molecular complexity index is 3100. The molecular weight excluding hydrogens is 914 g/mol. The molecule has 2 saturated heterocycles. The standard InChI is InChI=1S/C52H58ClN9O6S/c1-7-69(65,66)59-36-12-14-44(41(24-36)42-31-60(6)47(64)45-40(42)15-19-55-45)67-38-10-8-9-37(25-38)62-22-18-33(30-62)23-32-16-20-61(21-17-32)50-56-28-35(29-57-50)46(63)58-48-51(2,3)49(52(48,4)5)68-39-13-11-34(27-54)43(53)26-39/h8-15,19,24-26,28-29,31-33,48-49,55,59H,7,16-18,20-23,30H2,1-6H3,(H,58,63). The Balaban J connectivity index is 0.784. The highest BCUT2D eigenvalue weighted by atomic mass is 35.5. The average Bonchev–Trinajstić information content (AvgIpc) is 4.03. The number of hydrogen-bond acceptors (Lipinski definition) is 11. The van der Waals surface area contributed by atoms with Crippen molar-refractivity contribution >= 4 is 55.8 Å². The van der Waals surface area contributed by atoms with E-state index in [2.05, 4.69) is 80.7 Å². The normalized spacial score (nSPS) is 20.0. The molecule has 15 nitrogen and oxygen atoms in total. The predicted octanol–water partition coefficient (Wildman–Crippen LogP) is 9.15. The second-order valence-electron chi connectivity index (χ2n) is 19.9. The Morgan fingerprint density at radius 1 is 0.928 bits per heavy atom. The zero-order chi connectivity index (χ0) is 48.8. The zero-order valence-corrected chi connectivity index (χ0v) is 41.3. The van der Waals surface area contributed by atoms with Crippen LogP contribution in [0.5, 0.6) is 17.2 Å². The summed E-state index contributed by atoms with van der Waals surface area (Å²) < 4.78 is 42.2. The molecular formula is C52H58ClN9O6S. The summed E-state index contributed by atoms with van der Waals surface area (Å²) >= 11 is 6.27. The summed E-state index contributed by atoms with van der Waals surface area (Å²) in [5, 5.41) is 13.5. The van der Waals surface area contributed by atoms with Crippen LogP contribution in [-0.2, 0) is 17.1 Å². The van der Waals surface area contributed by atoms with E-state index >= 15 is 0 Å². The number of carbonyl (C=O) groups is 1. The molecule has 3 aromatic carbocycles. The maximum Gasteiger partial charge on any atom is 0.274 e. The average molecular weight is 973 g/mol. The Morgan fingerprint density at radius 2 is 1.65 bits per heavy atom. The lowest BCUT2D eigenvalue weighted by Crippen LogP contribution is -2.74. The van der Waals surface area contributed by atoms with Crippen molar-refractivity contribution in [2.75, 3.05) is 46.5 Å². The molecule has 5 heterocycles. The number of pyridine rings is 1. The lowest BCUT2D eigenvalue weighted by Gasteiger charge is -2.63. The van der Waals surface area contributed by atoms with Crippen LogP contribution in [0.15, 0.2) is 96.3 Å². The molecule has 69 heavy (non-hydrogen) atoms. The quantitative estimate of drug-likeness (QED) is 0.0945. The van der Waals surface area contributed by atoms with Gasteiger partial charge in [0, 0.05) is 115 Å². The van der Waals surface area contributed by atoms with Gasteiger partial charge in [0.15, 0.2) is 0 Å². The van der Waals surface area contributed by atoms with E-state index in [1.165, 1.54) is 4.57 Å². The molecule has 2 aliphatic heterocycles. The van der Waals surface area contributed by atoms with Crippen LogP contribution in [0.2, 0.25) is 5.02 Å². The fourth-order valence-electron chi connectivity index (χ4n) is 11.0. The van der Waals surface area contributed by atoms with E-state index in [0.29, 0.717) is 73.3 Å². The van der Waals surface area contributed by atoms with E-state index in [0.717, 1.165) is 63.1 Å². The number of benzene rings is 3. The van der Waals surface area contributed by atoms with Crippen LogP contribution in [0.4, 0.5) is 17.3 Å². The van der Waals surface area contributed by atoms with Gasteiger partial charge in [0.1, 0.15) is 34.9 Å². The number of hydrogen-bond donors (Lipinski definition) is 3. The number of aromatic nitrogens is 4. The van der Waals surface area contributed by atoms with Gasteiger partial charge in [-0.25, -0.2) is 18.4 Å². The van der Waals surface area contributed by atoms with Crippen molar-refractivity contribution in [1.82, 2.24) is 24.8 Å². The van der Waals surface area contributed by atoms with Crippen LogP contribution in [0.3, 0.4) is 0 Å². The molecule has 3 aromatic heterocycles. The first kappa shape index (κ1) is 47.5. The third-order valence-corrected chi connectivity index (χ3v) is 16.0. The van der Waals surface area contributed by atoms with Gasteiger partial charge in [0.25, 0.3) is 11.5 Å². The molecule has 0 radical (unpaired) electrons. The van der Waals surface area contributed by atoms with Gasteiger partial charge in [-0.1, -0.05) is 45.4 Å². The number of H-pyrrole nitrogens is 1. The molecule has 3 N–H and O–H groups in total. The van der Waals surface area contributed by atoms with Crippen LogP contribution < -0.4 is 34.9 Å². The number of aromatic amines is 1. The molecule has 0 bridgehead atoms. The van der Waals surface area contributed by atoms with Gasteiger partial charge in [-0.3, -0.25) is 14.3 Å². The number of aryl methyl sites for hydroxylation is 1. The number of rotatable bonds is 14. The first-order chi connectivity index (χ1) is 32.9. The molecule has 9 rings (SSSR count). The highest BCUT2D eigenvalue weighted by Crippen LogP contribution is 2.55. The highest BCUT2D eigenvalue weighted by molar-refractivity contribution is 7.92. The largest absolute Gasteiger partial charge is 0.489 e. The van der Waals surface area contributed by atoms with Gasteiger partial charge >= 0.3 is 0 Å². The van der Waals surface area contributed by atoms with E-state index in [9.17, 15) is 23.3 Å². The van der Waals surface area contributed by atoms with Crippen LogP contribution in [-0.4, -0.2) is 77.9 Å². The number of nitriles is 1. The molecule has 1 aliphatic carbocycles. The SMILES string of the molecule is CCS(=O)(=O)Nc1ccc(Oc2cccc(N3CCC(CC4CCN(c5ncc(C(=O)NC6C(C)(C)C(Oc7ccc(C#N)c(Cl)c7)C6(C)C)cn5)CC4)C3)c2)c(-c2cn(C)c(=O)c3[nH]ccc23)c1. The minimum absolute atomic E-state index is 0.0689. The van der Waals surface area contributed by atoms with Gasteiger partial charge in [-0.05, 0) is 93.0 Å². The van der Waals surface area contributed by atoms with Crippen LogP contribution >= 0.6 is 11.6 Å². The minimum atomic E-state index is -3.54. The van der Waals surface area contributed by atoms with Gasteiger partial charge in [-0.15, -0.1) is 0 Å².